The molecule has 1 N–H and O–H groups in total. The first-order valence-corrected chi connectivity index (χ1v) is 6.49. The van der Waals surface area contributed by atoms with Crippen molar-refractivity contribution in [2.75, 3.05) is 37.6 Å². The van der Waals surface area contributed by atoms with Crippen LogP contribution in [0.2, 0.25) is 5.02 Å². The molecule has 98 valence electrons. The van der Waals surface area contributed by atoms with Crippen LogP contribution in [0.3, 0.4) is 0 Å². The normalized spacial score (nSPS) is 16.9. The lowest BCUT2D eigenvalue weighted by molar-refractivity contribution is 0.0697. The van der Waals surface area contributed by atoms with Crippen LogP contribution in [-0.2, 0) is 0 Å². The van der Waals surface area contributed by atoms with Crippen LogP contribution in [0.25, 0.3) is 0 Å². The number of piperazine rings is 1. The number of rotatable bonds is 3. The van der Waals surface area contributed by atoms with E-state index in [-0.39, 0.29) is 5.56 Å². The fraction of sp³-hybridized carbons (Fsp3) is 0.462. The molecule has 0 atom stereocenters. The Labute approximate surface area is 112 Å². The highest BCUT2D eigenvalue weighted by atomic mass is 35.5. The van der Waals surface area contributed by atoms with Gasteiger partial charge in [0.25, 0.3) is 0 Å². The zero-order chi connectivity index (χ0) is 13.1. The van der Waals surface area contributed by atoms with E-state index in [9.17, 15) is 4.79 Å². The van der Waals surface area contributed by atoms with E-state index in [0.717, 1.165) is 38.4 Å². The van der Waals surface area contributed by atoms with E-state index in [1.54, 1.807) is 12.1 Å². The van der Waals surface area contributed by atoms with Crippen LogP contribution in [0.5, 0.6) is 0 Å². The summed E-state index contributed by atoms with van der Waals surface area (Å²) in [5, 5.41) is 9.41. The highest BCUT2D eigenvalue weighted by molar-refractivity contribution is 6.33. The predicted octanol–water partition coefficient (Wildman–Crippen LogP) is 2.18. The predicted molar refractivity (Wildman–Crippen MR) is 72.7 cm³/mol. The first kappa shape index (κ1) is 13.2. The Morgan fingerprint density at radius 3 is 2.50 bits per heavy atom. The molecule has 0 aliphatic carbocycles. The molecular weight excluding hydrogens is 252 g/mol. The van der Waals surface area contributed by atoms with E-state index in [2.05, 4.69) is 16.7 Å². The highest BCUT2D eigenvalue weighted by Gasteiger charge is 2.18. The van der Waals surface area contributed by atoms with E-state index < -0.39 is 5.97 Å². The molecule has 1 fully saturated rings. The number of anilines is 1. The zero-order valence-electron chi connectivity index (χ0n) is 10.4. The van der Waals surface area contributed by atoms with Crippen LogP contribution in [0.4, 0.5) is 5.69 Å². The Kier molecular flexibility index (Phi) is 4.09. The fourth-order valence-electron chi connectivity index (χ4n) is 2.20. The van der Waals surface area contributed by atoms with Crippen molar-refractivity contribution in [3.05, 3.63) is 28.8 Å². The molecule has 2 rings (SSSR count). The number of likely N-dealkylation sites (N-methyl/N-ethyl adjacent to an activating group) is 1. The van der Waals surface area contributed by atoms with Crippen molar-refractivity contribution in [3.63, 3.8) is 0 Å². The van der Waals surface area contributed by atoms with Crippen LogP contribution in [0.1, 0.15) is 17.3 Å². The summed E-state index contributed by atoms with van der Waals surface area (Å²) in [6.45, 7) is 7.13. The smallest absolute Gasteiger partial charge is 0.335 e. The first-order chi connectivity index (χ1) is 8.61. The van der Waals surface area contributed by atoms with Crippen molar-refractivity contribution < 1.29 is 9.90 Å². The van der Waals surface area contributed by atoms with Gasteiger partial charge in [-0.2, -0.15) is 0 Å². The van der Waals surface area contributed by atoms with Gasteiger partial charge in [-0.1, -0.05) is 18.5 Å². The number of hydrogen-bond acceptors (Lipinski definition) is 3. The maximum atomic E-state index is 10.8. The van der Waals surface area contributed by atoms with Crippen molar-refractivity contribution in [1.82, 2.24) is 4.90 Å². The number of benzene rings is 1. The molecular formula is C13H17ClN2O2. The van der Waals surface area contributed by atoms with Crippen LogP contribution in [-0.4, -0.2) is 48.7 Å². The maximum Gasteiger partial charge on any atom is 0.335 e. The van der Waals surface area contributed by atoms with E-state index in [1.807, 2.05) is 0 Å². The molecule has 1 heterocycles. The number of hydrogen-bond donors (Lipinski definition) is 1. The molecule has 1 aromatic rings. The molecule has 1 aliphatic heterocycles. The fourth-order valence-corrected chi connectivity index (χ4v) is 2.50. The van der Waals surface area contributed by atoms with Gasteiger partial charge < -0.3 is 14.9 Å². The minimum Gasteiger partial charge on any atom is -0.478 e. The third-order valence-corrected chi connectivity index (χ3v) is 3.66. The van der Waals surface area contributed by atoms with Crippen LogP contribution in [0, 0.1) is 0 Å². The largest absolute Gasteiger partial charge is 0.478 e. The van der Waals surface area contributed by atoms with E-state index >= 15 is 0 Å². The zero-order valence-corrected chi connectivity index (χ0v) is 11.2. The quantitative estimate of drug-likeness (QED) is 0.913. The molecule has 1 aliphatic rings. The molecule has 4 nitrogen and oxygen atoms in total. The minimum absolute atomic E-state index is 0.232. The lowest BCUT2D eigenvalue weighted by atomic mass is 10.2. The highest BCUT2D eigenvalue weighted by Crippen LogP contribution is 2.27. The number of aromatic carboxylic acids is 1. The lowest BCUT2D eigenvalue weighted by Gasteiger charge is -2.35. The van der Waals surface area contributed by atoms with Crippen molar-refractivity contribution in [2.45, 2.75) is 6.92 Å². The molecule has 0 saturated carbocycles. The summed E-state index contributed by atoms with van der Waals surface area (Å²) >= 11 is 6.16. The molecule has 0 amide bonds. The Morgan fingerprint density at radius 2 is 2.00 bits per heavy atom. The van der Waals surface area contributed by atoms with Crippen molar-refractivity contribution in [3.8, 4) is 0 Å². The van der Waals surface area contributed by atoms with Gasteiger partial charge in [-0.3, -0.25) is 0 Å². The average Bonchev–Trinajstić information content (AvgIpc) is 2.38. The number of halogens is 1. The Bertz CT molecular complexity index is 443. The van der Waals surface area contributed by atoms with E-state index in [4.69, 9.17) is 16.7 Å². The number of carboxylic acids is 1. The molecule has 0 bridgehead atoms. The Morgan fingerprint density at radius 1 is 1.33 bits per heavy atom. The van der Waals surface area contributed by atoms with Crippen LogP contribution >= 0.6 is 11.6 Å². The second-order valence-corrected chi connectivity index (χ2v) is 4.80. The first-order valence-electron chi connectivity index (χ1n) is 6.12. The maximum absolute atomic E-state index is 10.8. The SMILES string of the molecule is CCN1CCN(c2ccc(C(=O)O)cc2Cl)CC1. The van der Waals surface area contributed by atoms with E-state index in [1.165, 1.54) is 6.07 Å². The third-order valence-electron chi connectivity index (χ3n) is 3.35. The molecule has 1 aromatic carbocycles. The summed E-state index contributed by atoms with van der Waals surface area (Å²) in [5.41, 5.74) is 1.16. The summed E-state index contributed by atoms with van der Waals surface area (Å²) in [7, 11) is 0. The molecule has 0 spiro atoms. The van der Waals surface area contributed by atoms with Gasteiger partial charge in [0, 0.05) is 26.2 Å². The van der Waals surface area contributed by atoms with Crippen molar-refractivity contribution in [2.24, 2.45) is 0 Å². The summed E-state index contributed by atoms with van der Waals surface area (Å²) in [5.74, 6) is -0.945. The lowest BCUT2D eigenvalue weighted by Crippen LogP contribution is -2.46. The number of carbonyl (C=O) groups is 1. The van der Waals surface area contributed by atoms with E-state index in [0.29, 0.717) is 5.02 Å². The van der Waals surface area contributed by atoms with Gasteiger partial charge in [0.2, 0.25) is 0 Å². The summed E-state index contributed by atoms with van der Waals surface area (Å²) in [4.78, 5) is 15.4. The van der Waals surface area contributed by atoms with Gasteiger partial charge in [-0.15, -0.1) is 0 Å². The van der Waals surface area contributed by atoms with Gasteiger partial charge >= 0.3 is 5.97 Å². The van der Waals surface area contributed by atoms with Crippen LogP contribution in [0.15, 0.2) is 18.2 Å². The van der Waals surface area contributed by atoms with Gasteiger partial charge in [-0.05, 0) is 24.7 Å². The van der Waals surface area contributed by atoms with Gasteiger partial charge in [-0.25, -0.2) is 4.79 Å². The second kappa shape index (κ2) is 5.59. The third kappa shape index (κ3) is 2.76. The summed E-state index contributed by atoms with van der Waals surface area (Å²) < 4.78 is 0. The molecule has 5 heteroatoms. The minimum atomic E-state index is -0.945. The average molecular weight is 269 g/mol. The Hall–Kier alpha value is -1.26. The van der Waals surface area contributed by atoms with Crippen molar-refractivity contribution >= 4 is 23.3 Å². The summed E-state index contributed by atoms with van der Waals surface area (Å²) in [6, 6.07) is 4.93. The van der Waals surface area contributed by atoms with Crippen LogP contribution < -0.4 is 4.90 Å². The summed E-state index contributed by atoms with van der Waals surface area (Å²) in [6.07, 6.45) is 0. The molecule has 18 heavy (non-hydrogen) atoms. The van der Waals surface area contributed by atoms with Gasteiger partial charge in [0.15, 0.2) is 0 Å². The molecule has 1 saturated heterocycles. The molecule has 0 unspecified atom stereocenters. The second-order valence-electron chi connectivity index (χ2n) is 4.39. The number of nitrogens with zero attached hydrogens (tertiary/aromatic N) is 2. The monoisotopic (exact) mass is 268 g/mol. The molecule has 0 aromatic heterocycles. The number of carboxylic acid groups (broad SMARTS) is 1. The Balaban J connectivity index is 2.12. The standard InChI is InChI=1S/C13H17ClN2O2/c1-2-15-5-7-16(8-6-15)12-4-3-10(13(17)18)9-11(12)14/h3-4,9H,2,5-8H2,1H3,(H,17,18). The van der Waals surface area contributed by atoms with Crippen molar-refractivity contribution in [1.29, 1.82) is 0 Å². The van der Waals surface area contributed by atoms with Gasteiger partial charge in [0.05, 0.1) is 16.3 Å². The molecule has 0 radical (unpaired) electrons. The van der Waals surface area contributed by atoms with Gasteiger partial charge in [0.1, 0.15) is 0 Å². The topological polar surface area (TPSA) is 43.8 Å².